The molecule has 1 aliphatic heterocycles. The van der Waals surface area contributed by atoms with Crippen LogP contribution in [0.25, 0.3) is 11.0 Å². The molecule has 2 fully saturated rings. The number of amides is 2. The van der Waals surface area contributed by atoms with Gasteiger partial charge in [-0.1, -0.05) is 43.5 Å². The molecule has 3 aromatic rings. The normalized spacial score (nSPS) is 17.0. The molecular weight excluding hydrogens is 424 g/mol. The molecule has 5 rings (SSSR count). The van der Waals surface area contributed by atoms with Crippen LogP contribution in [0, 0.1) is 0 Å². The van der Waals surface area contributed by atoms with E-state index in [1.165, 1.54) is 32.1 Å². The maximum Gasteiger partial charge on any atom is 0.414 e. The van der Waals surface area contributed by atoms with Gasteiger partial charge in [0.05, 0.1) is 6.54 Å². The van der Waals surface area contributed by atoms with Crippen LogP contribution >= 0.6 is 11.8 Å². The van der Waals surface area contributed by atoms with Crippen LogP contribution in [-0.4, -0.2) is 30.4 Å². The van der Waals surface area contributed by atoms with Crippen molar-refractivity contribution in [1.29, 1.82) is 0 Å². The van der Waals surface area contributed by atoms with Gasteiger partial charge in [0.1, 0.15) is 12.2 Å². The van der Waals surface area contributed by atoms with E-state index in [1.54, 1.807) is 11.0 Å². The number of benzene rings is 2. The summed E-state index contributed by atoms with van der Waals surface area (Å²) < 4.78 is 11.0. The molecule has 0 radical (unpaired) electrons. The second kappa shape index (κ2) is 9.28. The van der Waals surface area contributed by atoms with Crippen LogP contribution in [0.3, 0.4) is 0 Å². The fourth-order valence-electron chi connectivity index (χ4n) is 4.43. The third kappa shape index (κ3) is 4.35. The summed E-state index contributed by atoms with van der Waals surface area (Å²) in [5, 5.41) is 4.59. The van der Waals surface area contributed by atoms with Gasteiger partial charge < -0.3 is 14.5 Å². The van der Waals surface area contributed by atoms with E-state index in [0.29, 0.717) is 35.5 Å². The molecule has 2 heterocycles. The third-order valence-electron chi connectivity index (χ3n) is 6.10. The Hall–Kier alpha value is -2.93. The van der Waals surface area contributed by atoms with Crippen LogP contribution in [0.15, 0.2) is 52.9 Å². The van der Waals surface area contributed by atoms with Gasteiger partial charge in [-0.05, 0) is 37.1 Å². The summed E-state index contributed by atoms with van der Waals surface area (Å²) in [6, 6.07) is 15.1. The first kappa shape index (κ1) is 20.9. The van der Waals surface area contributed by atoms with Crippen molar-refractivity contribution < 1.29 is 18.7 Å². The number of fused-ring (bicyclic) bond motifs is 1. The largest absolute Gasteiger partial charge is 0.451 e. The minimum absolute atomic E-state index is 0.276. The molecule has 1 aliphatic carbocycles. The quantitative estimate of drug-likeness (QED) is 0.484. The molecule has 7 heteroatoms. The number of carbonyl (C=O) groups is 2. The average Bonchev–Trinajstić information content (AvgIpc) is 3.42. The zero-order valence-electron chi connectivity index (χ0n) is 17.8. The second-order valence-corrected chi connectivity index (χ2v) is 9.54. The molecule has 6 nitrogen and oxygen atoms in total. The number of ether oxygens (including phenoxy) is 1. The highest BCUT2D eigenvalue weighted by molar-refractivity contribution is 7.99. The molecular formula is C25H26N2O4S. The van der Waals surface area contributed by atoms with Crippen LogP contribution in [0.4, 0.5) is 16.2 Å². The molecule has 1 aromatic heterocycles. The maximum atomic E-state index is 13.2. The van der Waals surface area contributed by atoms with E-state index < -0.39 is 0 Å². The molecule has 32 heavy (non-hydrogen) atoms. The van der Waals surface area contributed by atoms with E-state index in [9.17, 15) is 9.59 Å². The molecule has 166 valence electrons. The van der Waals surface area contributed by atoms with Crippen molar-refractivity contribution in [3.63, 3.8) is 0 Å². The van der Waals surface area contributed by atoms with E-state index in [0.717, 1.165) is 22.3 Å². The van der Waals surface area contributed by atoms with Gasteiger partial charge in [-0.2, -0.15) is 11.8 Å². The molecule has 1 saturated carbocycles. The Morgan fingerprint density at radius 3 is 2.75 bits per heavy atom. The van der Waals surface area contributed by atoms with Crippen molar-refractivity contribution in [3.05, 3.63) is 59.9 Å². The van der Waals surface area contributed by atoms with Gasteiger partial charge in [0.15, 0.2) is 5.76 Å². The van der Waals surface area contributed by atoms with Gasteiger partial charge in [0.2, 0.25) is 0 Å². The predicted octanol–water partition coefficient (Wildman–Crippen LogP) is 6.21. The molecule has 2 aliphatic rings. The topological polar surface area (TPSA) is 71.8 Å². The van der Waals surface area contributed by atoms with Crippen LogP contribution in [0.5, 0.6) is 0 Å². The summed E-state index contributed by atoms with van der Waals surface area (Å²) in [7, 11) is 0. The fourth-order valence-corrected chi connectivity index (χ4v) is 5.78. The Balaban J connectivity index is 1.38. The van der Waals surface area contributed by atoms with Crippen molar-refractivity contribution in [2.75, 3.05) is 23.4 Å². The third-order valence-corrected chi connectivity index (χ3v) is 7.49. The minimum Gasteiger partial charge on any atom is -0.451 e. The number of nitrogens with zero attached hydrogens (tertiary/aromatic N) is 1. The molecule has 0 unspecified atom stereocenters. The van der Waals surface area contributed by atoms with Gasteiger partial charge in [-0.3, -0.25) is 9.69 Å². The number of hydrogen-bond donors (Lipinski definition) is 1. The number of thioether (sulfide) groups is 1. The van der Waals surface area contributed by atoms with Gasteiger partial charge in [-0.25, -0.2) is 4.79 Å². The number of rotatable bonds is 6. The Morgan fingerprint density at radius 1 is 1.09 bits per heavy atom. The molecule has 2 amide bonds. The second-order valence-electron chi connectivity index (χ2n) is 8.25. The van der Waals surface area contributed by atoms with E-state index >= 15 is 0 Å². The number of cyclic esters (lactones) is 1. The lowest BCUT2D eigenvalue weighted by Gasteiger charge is -2.20. The molecule has 0 atom stereocenters. The van der Waals surface area contributed by atoms with Crippen molar-refractivity contribution in [2.45, 2.75) is 43.1 Å². The lowest BCUT2D eigenvalue weighted by atomic mass is 10.0. The lowest BCUT2D eigenvalue weighted by Crippen LogP contribution is -2.23. The Morgan fingerprint density at radius 2 is 1.94 bits per heavy atom. The molecule has 2 aromatic carbocycles. The first-order valence-corrected chi connectivity index (χ1v) is 12.2. The number of hydrogen-bond acceptors (Lipinski definition) is 5. The SMILES string of the molecule is O=C(Nc1cccc(N2CCOC2=O)c1)c1oc2ccccc2c1CSC1CCCCC1. The molecule has 0 bridgehead atoms. The van der Waals surface area contributed by atoms with Crippen molar-refractivity contribution >= 4 is 46.1 Å². The first-order valence-electron chi connectivity index (χ1n) is 11.2. The number of para-hydroxylation sites is 1. The summed E-state index contributed by atoms with van der Waals surface area (Å²) in [4.78, 5) is 26.7. The average molecular weight is 451 g/mol. The smallest absolute Gasteiger partial charge is 0.414 e. The van der Waals surface area contributed by atoms with E-state index in [4.69, 9.17) is 9.15 Å². The zero-order valence-corrected chi connectivity index (χ0v) is 18.7. The highest BCUT2D eigenvalue weighted by atomic mass is 32.2. The highest BCUT2D eigenvalue weighted by Crippen LogP contribution is 2.35. The van der Waals surface area contributed by atoms with Crippen molar-refractivity contribution in [2.24, 2.45) is 0 Å². The van der Waals surface area contributed by atoms with E-state index in [-0.39, 0.29) is 12.0 Å². The maximum absolute atomic E-state index is 13.2. The number of furan rings is 1. The molecule has 1 saturated heterocycles. The molecule has 0 spiro atoms. The fraction of sp³-hybridized carbons (Fsp3) is 0.360. The monoisotopic (exact) mass is 450 g/mol. The van der Waals surface area contributed by atoms with Crippen molar-refractivity contribution in [1.82, 2.24) is 0 Å². The summed E-state index contributed by atoms with van der Waals surface area (Å²) in [6.45, 7) is 0.874. The minimum atomic E-state index is -0.368. The predicted molar refractivity (Wildman–Crippen MR) is 127 cm³/mol. The Labute approximate surface area is 191 Å². The van der Waals surface area contributed by atoms with Crippen molar-refractivity contribution in [3.8, 4) is 0 Å². The Bertz CT molecular complexity index is 1140. The summed E-state index contributed by atoms with van der Waals surface area (Å²) in [6.07, 6.45) is 6.03. The number of carbonyl (C=O) groups excluding carboxylic acids is 2. The standard InChI is InChI=1S/C25H26N2O4S/c28-24(26-17-7-6-8-18(15-17)27-13-14-30-25(27)29)23-21(16-32-19-9-2-1-3-10-19)20-11-4-5-12-22(20)31-23/h4-8,11-12,15,19H,1-3,9-10,13-14,16H2,(H,26,28). The van der Waals surface area contributed by atoms with Gasteiger partial charge >= 0.3 is 6.09 Å². The summed E-state index contributed by atoms with van der Waals surface area (Å²) in [5.74, 6) is 0.839. The van der Waals surface area contributed by atoms with E-state index in [2.05, 4.69) is 5.32 Å². The number of anilines is 2. The summed E-state index contributed by atoms with van der Waals surface area (Å²) in [5.41, 5.74) is 2.99. The van der Waals surface area contributed by atoms with Crippen LogP contribution in [0.1, 0.15) is 48.2 Å². The van der Waals surface area contributed by atoms with Crippen LogP contribution in [0.2, 0.25) is 0 Å². The van der Waals surface area contributed by atoms with Gasteiger partial charge in [0.25, 0.3) is 5.91 Å². The van der Waals surface area contributed by atoms with E-state index in [1.807, 2.05) is 54.2 Å². The highest BCUT2D eigenvalue weighted by Gasteiger charge is 2.25. The Kier molecular flexibility index (Phi) is 6.08. The van der Waals surface area contributed by atoms with Crippen LogP contribution < -0.4 is 10.2 Å². The molecule has 1 N–H and O–H groups in total. The zero-order chi connectivity index (χ0) is 21.9. The lowest BCUT2D eigenvalue weighted by molar-refractivity contribution is 0.0997. The van der Waals surface area contributed by atoms with Gasteiger partial charge in [-0.15, -0.1) is 0 Å². The number of nitrogens with one attached hydrogen (secondary N) is 1. The first-order chi connectivity index (χ1) is 15.7. The van der Waals surface area contributed by atoms with Crippen LogP contribution in [-0.2, 0) is 10.5 Å². The summed E-state index contributed by atoms with van der Waals surface area (Å²) >= 11 is 1.93. The van der Waals surface area contributed by atoms with Gasteiger partial charge in [0, 0.05) is 33.3 Å².